The number of hydrogen-bond acceptors (Lipinski definition) is 4. The molecule has 134 valence electrons. The van der Waals surface area contributed by atoms with Crippen molar-refractivity contribution >= 4 is 16.2 Å². The Morgan fingerprint density at radius 1 is 1.16 bits per heavy atom. The van der Waals surface area contributed by atoms with Crippen LogP contribution in [0.25, 0.3) is 0 Å². The van der Waals surface area contributed by atoms with Crippen molar-refractivity contribution < 1.29 is 26.3 Å². The lowest BCUT2D eigenvalue weighted by Gasteiger charge is -2.07. The number of sulfonamides is 1. The molecule has 0 aliphatic heterocycles. The maximum atomic E-state index is 12.6. The van der Waals surface area contributed by atoms with Gasteiger partial charge in [-0.1, -0.05) is 12.1 Å². The van der Waals surface area contributed by atoms with E-state index in [9.17, 15) is 21.6 Å². The van der Waals surface area contributed by atoms with Crippen molar-refractivity contribution in [1.29, 1.82) is 0 Å². The van der Waals surface area contributed by atoms with E-state index in [1.54, 1.807) is 6.92 Å². The van der Waals surface area contributed by atoms with Gasteiger partial charge in [-0.25, -0.2) is 4.83 Å². The summed E-state index contributed by atoms with van der Waals surface area (Å²) in [4.78, 5) is 1.91. The molecular formula is C16H15F3N2O3S. The van der Waals surface area contributed by atoms with Crippen LogP contribution in [0.2, 0.25) is 0 Å². The second-order valence-corrected chi connectivity index (χ2v) is 6.54. The Morgan fingerprint density at radius 3 is 2.44 bits per heavy atom. The van der Waals surface area contributed by atoms with Crippen LogP contribution in [-0.2, 0) is 16.2 Å². The molecule has 0 aliphatic carbocycles. The van der Waals surface area contributed by atoms with Gasteiger partial charge in [0.25, 0.3) is 10.0 Å². The Kier molecular flexibility index (Phi) is 5.68. The van der Waals surface area contributed by atoms with E-state index >= 15 is 0 Å². The van der Waals surface area contributed by atoms with Gasteiger partial charge in [0.2, 0.25) is 0 Å². The van der Waals surface area contributed by atoms with Crippen molar-refractivity contribution in [3.05, 3.63) is 59.7 Å². The monoisotopic (exact) mass is 372 g/mol. The minimum Gasteiger partial charge on any atom is -0.494 e. The number of nitrogens with zero attached hydrogens (tertiary/aromatic N) is 1. The predicted molar refractivity (Wildman–Crippen MR) is 87.0 cm³/mol. The first-order chi connectivity index (χ1) is 11.7. The quantitative estimate of drug-likeness (QED) is 0.624. The van der Waals surface area contributed by atoms with Gasteiger partial charge in [-0.3, -0.25) is 0 Å². The van der Waals surface area contributed by atoms with Crippen LogP contribution in [0.15, 0.2) is 58.5 Å². The summed E-state index contributed by atoms with van der Waals surface area (Å²) in [6.45, 7) is 2.25. The third-order valence-electron chi connectivity index (χ3n) is 3.05. The zero-order chi connectivity index (χ0) is 18.5. The summed E-state index contributed by atoms with van der Waals surface area (Å²) in [5, 5.41) is 3.51. The van der Waals surface area contributed by atoms with E-state index in [0.717, 1.165) is 18.3 Å². The molecule has 5 nitrogen and oxygen atoms in total. The molecular weight excluding hydrogens is 357 g/mol. The minimum atomic E-state index is -4.48. The maximum absolute atomic E-state index is 12.6. The number of alkyl halides is 3. The van der Waals surface area contributed by atoms with Crippen LogP contribution < -0.4 is 9.57 Å². The van der Waals surface area contributed by atoms with Crippen LogP contribution in [0.3, 0.4) is 0 Å². The molecule has 1 N–H and O–H groups in total. The molecule has 9 heteroatoms. The lowest BCUT2D eigenvalue weighted by molar-refractivity contribution is -0.137. The van der Waals surface area contributed by atoms with Crippen molar-refractivity contribution in [3.8, 4) is 5.75 Å². The highest BCUT2D eigenvalue weighted by molar-refractivity contribution is 7.89. The van der Waals surface area contributed by atoms with Crippen molar-refractivity contribution in [2.75, 3.05) is 6.61 Å². The minimum absolute atomic E-state index is 0.0443. The molecule has 2 aromatic carbocycles. The van der Waals surface area contributed by atoms with Gasteiger partial charge in [-0.2, -0.15) is 26.7 Å². The second-order valence-electron chi connectivity index (χ2n) is 4.88. The fourth-order valence-corrected chi connectivity index (χ4v) is 2.69. The first-order valence-corrected chi connectivity index (χ1v) is 8.65. The summed E-state index contributed by atoms with van der Waals surface area (Å²) in [5.41, 5.74) is -0.727. The van der Waals surface area contributed by atoms with Gasteiger partial charge in [-0.05, 0) is 48.9 Å². The smallest absolute Gasteiger partial charge is 0.416 e. The molecule has 0 fully saturated rings. The highest BCUT2D eigenvalue weighted by Gasteiger charge is 2.30. The van der Waals surface area contributed by atoms with Crippen LogP contribution in [0.5, 0.6) is 5.75 Å². The molecule has 25 heavy (non-hydrogen) atoms. The molecule has 0 radical (unpaired) electrons. The summed E-state index contributed by atoms with van der Waals surface area (Å²) in [7, 11) is -3.93. The first-order valence-electron chi connectivity index (χ1n) is 7.17. The highest BCUT2D eigenvalue weighted by Crippen LogP contribution is 2.29. The Balaban J connectivity index is 2.10. The Bertz CT molecular complexity index is 848. The van der Waals surface area contributed by atoms with Crippen LogP contribution >= 0.6 is 0 Å². The highest BCUT2D eigenvalue weighted by atomic mass is 32.2. The Labute approximate surface area is 143 Å². The molecule has 0 bridgehead atoms. The van der Waals surface area contributed by atoms with Gasteiger partial charge in [0.15, 0.2) is 0 Å². The van der Waals surface area contributed by atoms with Gasteiger partial charge in [0, 0.05) is 0 Å². The third-order valence-corrected chi connectivity index (χ3v) is 4.28. The van der Waals surface area contributed by atoms with Crippen molar-refractivity contribution in [1.82, 2.24) is 4.83 Å². The number of hydrogen-bond donors (Lipinski definition) is 1. The lowest BCUT2D eigenvalue weighted by Crippen LogP contribution is -2.18. The molecule has 0 saturated heterocycles. The predicted octanol–water partition coefficient (Wildman–Crippen LogP) is 3.42. The first kappa shape index (κ1) is 18.8. The average Bonchev–Trinajstić information content (AvgIpc) is 2.55. The summed E-state index contributed by atoms with van der Waals surface area (Å²) < 4.78 is 67.2. The molecule has 0 aromatic heterocycles. The van der Waals surface area contributed by atoms with E-state index in [4.69, 9.17) is 4.74 Å². The molecule has 2 aromatic rings. The van der Waals surface area contributed by atoms with E-state index in [1.807, 2.05) is 4.83 Å². The Hall–Kier alpha value is -2.55. The van der Waals surface area contributed by atoms with Crippen molar-refractivity contribution in [2.24, 2.45) is 5.10 Å². The molecule has 2 rings (SSSR count). The SMILES string of the molecule is CCOc1ccc(S(=O)(=O)N/N=C\c2cccc(C(F)(F)F)c2)cc1. The average molecular weight is 372 g/mol. The topological polar surface area (TPSA) is 67.8 Å². The maximum Gasteiger partial charge on any atom is 0.416 e. The molecule has 0 amide bonds. The van der Waals surface area contributed by atoms with E-state index in [-0.39, 0.29) is 10.5 Å². The van der Waals surface area contributed by atoms with E-state index in [1.165, 1.54) is 36.4 Å². The number of benzene rings is 2. The summed E-state index contributed by atoms with van der Waals surface area (Å²) in [6.07, 6.45) is -3.48. The number of rotatable bonds is 6. The molecule has 0 aliphatic rings. The van der Waals surface area contributed by atoms with E-state index in [0.29, 0.717) is 12.4 Å². The number of ether oxygens (including phenoxy) is 1. The Morgan fingerprint density at radius 2 is 1.84 bits per heavy atom. The van der Waals surface area contributed by atoms with E-state index in [2.05, 4.69) is 5.10 Å². The standard InChI is InChI=1S/C16H15F3N2O3S/c1-2-24-14-6-8-15(9-7-14)25(22,23)21-20-11-12-4-3-5-13(10-12)16(17,18)19/h3-11,21H,2H2,1H3/b20-11-. The zero-order valence-corrected chi connectivity index (χ0v) is 13.9. The normalized spacial score (nSPS) is 12.3. The van der Waals surface area contributed by atoms with Gasteiger partial charge in [0.05, 0.1) is 23.3 Å². The summed E-state index contributed by atoms with van der Waals surface area (Å²) >= 11 is 0. The second kappa shape index (κ2) is 7.56. The van der Waals surface area contributed by atoms with Gasteiger partial charge < -0.3 is 4.74 Å². The van der Waals surface area contributed by atoms with Gasteiger partial charge >= 0.3 is 6.18 Å². The van der Waals surface area contributed by atoms with E-state index < -0.39 is 21.8 Å². The van der Waals surface area contributed by atoms with Crippen molar-refractivity contribution in [3.63, 3.8) is 0 Å². The number of halogens is 3. The lowest BCUT2D eigenvalue weighted by atomic mass is 10.1. The van der Waals surface area contributed by atoms with Crippen LogP contribution in [-0.4, -0.2) is 21.2 Å². The molecule has 0 saturated carbocycles. The third kappa shape index (κ3) is 5.21. The largest absolute Gasteiger partial charge is 0.494 e. The fourth-order valence-electron chi connectivity index (χ4n) is 1.90. The summed E-state index contributed by atoms with van der Waals surface area (Å²) in [6, 6.07) is 10.1. The fraction of sp³-hybridized carbons (Fsp3) is 0.188. The molecule has 0 unspecified atom stereocenters. The van der Waals surface area contributed by atoms with Gasteiger partial charge in [-0.15, -0.1) is 0 Å². The van der Waals surface area contributed by atoms with Crippen LogP contribution in [0.4, 0.5) is 13.2 Å². The number of hydrazone groups is 1. The molecule has 0 heterocycles. The van der Waals surface area contributed by atoms with Gasteiger partial charge in [0.1, 0.15) is 5.75 Å². The zero-order valence-electron chi connectivity index (χ0n) is 13.1. The molecule has 0 atom stereocenters. The summed E-state index contributed by atoms with van der Waals surface area (Å²) in [5.74, 6) is 0.522. The van der Waals surface area contributed by atoms with Crippen molar-refractivity contribution in [2.45, 2.75) is 18.0 Å². The van der Waals surface area contributed by atoms with Crippen LogP contribution in [0.1, 0.15) is 18.1 Å². The van der Waals surface area contributed by atoms with Crippen LogP contribution in [0, 0.1) is 0 Å². The molecule has 0 spiro atoms. The number of nitrogens with one attached hydrogen (secondary N) is 1.